The molecular weight excluding hydrogens is 276 g/mol. The van der Waals surface area contributed by atoms with Gasteiger partial charge in [0.1, 0.15) is 11.6 Å². The van der Waals surface area contributed by atoms with E-state index in [9.17, 15) is 4.79 Å². The van der Waals surface area contributed by atoms with Crippen LogP contribution in [0.2, 0.25) is 0 Å². The summed E-state index contributed by atoms with van der Waals surface area (Å²) in [7, 11) is 3.55. The van der Waals surface area contributed by atoms with Crippen molar-refractivity contribution in [2.24, 2.45) is 0 Å². The Morgan fingerprint density at radius 3 is 2.67 bits per heavy atom. The van der Waals surface area contributed by atoms with Gasteiger partial charge in [-0.25, -0.2) is 0 Å². The molecule has 0 bridgehead atoms. The Morgan fingerprint density at radius 1 is 1.60 bits per heavy atom. The normalized spacial score (nSPS) is 10.9. The van der Waals surface area contributed by atoms with E-state index in [2.05, 4.69) is 15.9 Å². The largest absolute Gasteiger partial charge is 0.382 e. The molecule has 0 amide bonds. The number of Topliss-reactive ketones (excluding diaryl/α,β-unsaturated/α-hetero) is 1. The maximum atomic E-state index is 11.8. The van der Waals surface area contributed by atoms with Gasteiger partial charge in [-0.1, -0.05) is 0 Å². The van der Waals surface area contributed by atoms with Crippen LogP contribution >= 0.6 is 27.3 Å². The second kappa shape index (κ2) is 5.10. The molecule has 15 heavy (non-hydrogen) atoms. The van der Waals surface area contributed by atoms with E-state index in [0.717, 1.165) is 3.79 Å². The van der Waals surface area contributed by atoms with Gasteiger partial charge < -0.3 is 4.90 Å². The molecule has 1 aromatic heterocycles. The smallest absolute Gasteiger partial charge is 0.214 e. The Labute approximate surface area is 101 Å². The van der Waals surface area contributed by atoms with Crippen LogP contribution < -0.4 is 0 Å². The fourth-order valence-corrected chi connectivity index (χ4v) is 2.31. The van der Waals surface area contributed by atoms with Crippen LogP contribution in [0.25, 0.3) is 0 Å². The molecule has 0 radical (unpaired) electrons. The van der Waals surface area contributed by atoms with Crippen LogP contribution in [0.3, 0.4) is 0 Å². The summed E-state index contributed by atoms with van der Waals surface area (Å²) in [4.78, 5) is 14.0. The molecule has 0 saturated heterocycles. The summed E-state index contributed by atoms with van der Waals surface area (Å²) < 4.78 is 0.882. The number of carbonyl (C=O) groups excluding carboxylic acids is 1. The van der Waals surface area contributed by atoms with Crippen LogP contribution in [-0.4, -0.2) is 24.8 Å². The number of hydrogen-bond acceptors (Lipinski definition) is 4. The van der Waals surface area contributed by atoms with Crippen molar-refractivity contribution in [2.45, 2.75) is 0 Å². The third-order valence-electron chi connectivity index (χ3n) is 1.55. The lowest BCUT2D eigenvalue weighted by Crippen LogP contribution is -2.07. The van der Waals surface area contributed by atoms with E-state index in [0.29, 0.717) is 4.88 Å². The average molecular weight is 285 g/mol. The van der Waals surface area contributed by atoms with E-state index in [1.807, 2.05) is 6.07 Å². The highest BCUT2D eigenvalue weighted by molar-refractivity contribution is 9.11. The predicted molar refractivity (Wildman–Crippen MR) is 63.7 cm³/mol. The standard InChI is InChI=1S/C10H9BrN2OS/c1-13(2)6-7(5-12)10(14)8-3-4-9(11)15-8/h3-4,6H,1-2H3/b7-6-. The van der Waals surface area contributed by atoms with Crippen LogP contribution in [0.5, 0.6) is 0 Å². The minimum Gasteiger partial charge on any atom is -0.382 e. The fraction of sp³-hybridized carbons (Fsp3) is 0.200. The highest BCUT2D eigenvalue weighted by Gasteiger charge is 2.14. The van der Waals surface area contributed by atoms with Crippen molar-refractivity contribution in [1.29, 1.82) is 5.26 Å². The summed E-state index contributed by atoms with van der Waals surface area (Å²) in [5, 5.41) is 8.84. The molecule has 78 valence electrons. The van der Waals surface area contributed by atoms with Gasteiger partial charge in [0.15, 0.2) is 0 Å². The summed E-state index contributed by atoms with van der Waals surface area (Å²) in [6.45, 7) is 0. The molecule has 1 rings (SSSR count). The van der Waals surface area contributed by atoms with Crippen molar-refractivity contribution in [3.63, 3.8) is 0 Å². The monoisotopic (exact) mass is 284 g/mol. The first kappa shape index (κ1) is 12.0. The van der Waals surface area contributed by atoms with Gasteiger partial charge in [-0.15, -0.1) is 11.3 Å². The summed E-state index contributed by atoms with van der Waals surface area (Å²) in [5.74, 6) is -0.234. The first-order chi connectivity index (χ1) is 7.04. The van der Waals surface area contributed by atoms with E-state index in [-0.39, 0.29) is 11.4 Å². The van der Waals surface area contributed by atoms with Crippen molar-refractivity contribution >= 4 is 33.0 Å². The molecule has 0 atom stereocenters. The third-order valence-corrected chi connectivity index (χ3v) is 3.17. The van der Waals surface area contributed by atoms with E-state index < -0.39 is 0 Å². The molecule has 1 heterocycles. The molecule has 0 unspecified atom stereocenters. The minimum atomic E-state index is -0.234. The molecule has 0 aliphatic heterocycles. The maximum Gasteiger partial charge on any atom is 0.214 e. The molecule has 0 spiro atoms. The van der Waals surface area contributed by atoms with E-state index in [1.54, 1.807) is 31.1 Å². The molecule has 5 heteroatoms. The molecule has 0 aromatic carbocycles. The van der Waals surface area contributed by atoms with Gasteiger partial charge in [0, 0.05) is 20.3 Å². The Bertz CT molecular complexity index is 443. The van der Waals surface area contributed by atoms with Crippen molar-refractivity contribution in [3.05, 3.63) is 32.6 Å². The lowest BCUT2D eigenvalue weighted by Gasteiger charge is -2.04. The zero-order valence-electron chi connectivity index (χ0n) is 8.32. The highest BCUT2D eigenvalue weighted by Crippen LogP contribution is 2.24. The van der Waals surface area contributed by atoms with Crippen molar-refractivity contribution < 1.29 is 4.79 Å². The summed E-state index contributed by atoms with van der Waals surface area (Å²) in [6, 6.07) is 5.40. The average Bonchev–Trinajstić information content (AvgIpc) is 2.60. The van der Waals surface area contributed by atoms with Gasteiger partial charge in [-0.05, 0) is 28.1 Å². The van der Waals surface area contributed by atoms with Crippen LogP contribution in [0.15, 0.2) is 27.7 Å². The van der Waals surface area contributed by atoms with E-state index in [1.165, 1.54) is 17.5 Å². The third kappa shape index (κ3) is 3.18. The molecule has 0 aliphatic rings. The van der Waals surface area contributed by atoms with Crippen molar-refractivity contribution in [3.8, 4) is 6.07 Å². The van der Waals surface area contributed by atoms with Gasteiger partial charge in [0.05, 0.1) is 8.66 Å². The summed E-state index contributed by atoms with van der Waals surface area (Å²) in [5.41, 5.74) is 0.148. The SMILES string of the molecule is CN(C)/C=C(/C#N)C(=O)c1ccc(Br)s1. The van der Waals surface area contributed by atoms with Gasteiger partial charge >= 0.3 is 0 Å². The summed E-state index contributed by atoms with van der Waals surface area (Å²) in [6.07, 6.45) is 1.52. The second-order valence-corrected chi connectivity index (χ2v) is 5.51. The highest BCUT2D eigenvalue weighted by atomic mass is 79.9. The van der Waals surface area contributed by atoms with E-state index in [4.69, 9.17) is 5.26 Å². The lowest BCUT2D eigenvalue weighted by atomic mass is 10.2. The number of halogens is 1. The number of thiophene rings is 1. The number of nitrogens with zero attached hydrogens (tertiary/aromatic N) is 2. The number of nitriles is 1. The quantitative estimate of drug-likeness (QED) is 0.487. The lowest BCUT2D eigenvalue weighted by molar-refractivity contribution is 0.104. The van der Waals surface area contributed by atoms with Crippen molar-refractivity contribution in [2.75, 3.05) is 14.1 Å². The van der Waals surface area contributed by atoms with Crippen molar-refractivity contribution in [1.82, 2.24) is 4.90 Å². The second-order valence-electron chi connectivity index (χ2n) is 3.05. The van der Waals surface area contributed by atoms with Crippen LogP contribution in [0, 0.1) is 11.3 Å². The topological polar surface area (TPSA) is 44.1 Å². The Morgan fingerprint density at radius 2 is 2.27 bits per heavy atom. The number of hydrogen-bond donors (Lipinski definition) is 0. The van der Waals surface area contributed by atoms with Crippen LogP contribution in [0.1, 0.15) is 9.67 Å². The fourth-order valence-electron chi connectivity index (χ4n) is 0.966. The number of rotatable bonds is 3. The molecule has 1 aromatic rings. The first-order valence-electron chi connectivity index (χ1n) is 4.13. The maximum absolute atomic E-state index is 11.8. The Hall–Kier alpha value is -1.12. The molecular formula is C10H9BrN2OS. The predicted octanol–water partition coefficient (Wildman–Crippen LogP) is 2.66. The van der Waals surface area contributed by atoms with Gasteiger partial charge in [0.25, 0.3) is 0 Å². The molecule has 0 aliphatic carbocycles. The zero-order valence-corrected chi connectivity index (χ0v) is 10.7. The molecule has 0 fully saturated rings. The Kier molecular flexibility index (Phi) is 4.06. The van der Waals surface area contributed by atoms with Gasteiger partial charge in [-0.2, -0.15) is 5.26 Å². The zero-order chi connectivity index (χ0) is 11.4. The first-order valence-corrected chi connectivity index (χ1v) is 5.74. The van der Waals surface area contributed by atoms with Gasteiger partial charge in [0.2, 0.25) is 5.78 Å². The minimum absolute atomic E-state index is 0.148. The number of carbonyl (C=O) groups is 1. The molecule has 3 nitrogen and oxygen atoms in total. The van der Waals surface area contributed by atoms with Gasteiger partial charge in [-0.3, -0.25) is 4.79 Å². The van der Waals surface area contributed by atoms with Crippen LogP contribution in [-0.2, 0) is 0 Å². The Balaban J connectivity index is 2.99. The summed E-state index contributed by atoms with van der Waals surface area (Å²) >= 11 is 4.60. The van der Waals surface area contributed by atoms with E-state index >= 15 is 0 Å². The molecule has 0 saturated carbocycles. The number of allylic oxidation sites excluding steroid dienone is 1. The number of ketones is 1. The van der Waals surface area contributed by atoms with Crippen LogP contribution in [0.4, 0.5) is 0 Å². The molecule has 0 N–H and O–H groups in total.